The fraction of sp³-hybridized carbons (Fsp3) is 0.706. The zero-order valence-electron chi connectivity index (χ0n) is 20.5. The number of H-pyrrole nitrogens is 1. The summed E-state index contributed by atoms with van der Waals surface area (Å²) in [6.45, 7) is 0. The van der Waals surface area contributed by atoms with Gasteiger partial charge in [0.1, 0.15) is 0 Å². The van der Waals surface area contributed by atoms with Crippen molar-refractivity contribution in [2.24, 2.45) is 0 Å². The monoisotopic (exact) mass is 779 g/mol. The number of nitrogens with one attached hydrogen (secondary N) is 1. The van der Waals surface area contributed by atoms with E-state index in [0.29, 0.717) is 0 Å². The van der Waals surface area contributed by atoms with Gasteiger partial charge in [-0.15, -0.1) is 0 Å². The smallest absolute Gasteiger partial charge is 0.460 e. The Bertz CT molecular complexity index is 1310. The molecule has 0 aliphatic heterocycles. The molecule has 1 rings (SSSR count). The Labute approximate surface area is 240 Å². The van der Waals surface area contributed by atoms with Crippen LogP contribution in [0.2, 0.25) is 0 Å². The highest BCUT2D eigenvalue weighted by Crippen LogP contribution is 2.67. The van der Waals surface area contributed by atoms with E-state index in [1.54, 1.807) is 0 Å². The molecular weight excluding hydrogens is 773 g/mol. The van der Waals surface area contributed by atoms with Gasteiger partial charge in [0, 0.05) is 12.1 Å². The summed E-state index contributed by atoms with van der Waals surface area (Å²) < 4.78 is 356. The normalized spacial score (nSPS) is 16.0. The minimum atomic E-state index is -9.77. The second-order valence-corrected chi connectivity index (χ2v) is 9.71. The first-order valence-electron chi connectivity index (χ1n) is 10.1. The Morgan fingerprint density at radius 2 is 0.574 bits per heavy atom. The van der Waals surface area contributed by atoms with Crippen molar-refractivity contribution >= 4 is 10.1 Å². The van der Waals surface area contributed by atoms with Crippen LogP contribution < -0.4 is 4.98 Å². The molecule has 4 nitrogen and oxygen atoms in total. The number of aromatic amines is 1. The third kappa shape index (κ3) is 5.97. The van der Waals surface area contributed by atoms with Gasteiger partial charge >= 0.3 is 70.7 Å². The van der Waals surface area contributed by atoms with Crippen LogP contribution in [0.5, 0.6) is 0 Å². The molecule has 0 saturated heterocycles. The van der Waals surface area contributed by atoms with Crippen molar-refractivity contribution in [2.45, 2.75) is 70.7 Å². The van der Waals surface area contributed by atoms with Gasteiger partial charge in [0.05, 0.1) is 0 Å². The molecule has 1 aromatic heterocycles. The molecule has 0 aliphatic carbocycles. The highest BCUT2D eigenvalue weighted by molar-refractivity contribution is 7.86. The quantitative estimate of drug-likeness (QED) is 0.172. The minimum Gasteiger partial charge on any atom is -0.743 e. The number of aromatic nitrogens is 1. The van der Waals surface area contributed by atoms with E-state index in [1.165, 1.54) is 0 Å². The molecule has 1 N–H and O–H groups in total. The number of alkyl halides is 25. The maximum Gasteiger partial charge on any atom is 0.460 e. The van der Waals surface area contributed by atoms with Gasteiger partial charge in [-0.3, -0.25) is 0 Å². The first-order chi connectivity index (χ1) is 20.0. The van der Waals surface area contributed by atoms with Crippen molar-refractivity contribution in [3.63, 3.8) is 0 Å². The van der Waals surface area contributed by atoms with Crippen molar-refractivity contribution in [3.05, 3.63) is 30.6 Å². The number of halogens is 25. The summed E-state index contributed by atoms with van der Waals surface area (Å²) in [5.74, 6) is -94.2. The van der Waals surface area contributed by atoms with Crippen LogP contribution in [0.3, 0.4) is 0 Å². The lowest BCUT2D eigenvalue weighted by Gasteiger charge is -2.45. The largest absolute Gasteiger partial charge is 0.743 e. The number of hydrogen-bond donors (Lipinski definition) is 0. The Morgan fingerprint density at radius 1 is 0.362 bits per heavy atom. The van der Waals surface area contributed by atoms with E-state index in [1.807, 2.05) is 30.6 Å². The molecule has 0 unspecified atom stereocenters. The number of rotatable bonds is 11. The fourth-order valence-electron chi connectivity index (χ4n) is 2.44. The van der Waals surface area contributed by atoms with E-state index in [0.717, 1.165) is 0 Å². The van der Waals surface area contributed by atoms with Gasteiger partial charge in [-0.2, -0.15) is 110 Å². The predicted octanol–water partition coefficient (Wildman–Crippen LogP) is 7.54. The molecular formula is C17H6F25NO3S. The highest BCUT2D eigenvalue weighted by Gasteiger charge is 2.99. The number of pyridine rings is 1. The molecule has 0 fully saturated rings. The van der Waals surface area contributed by atoms with Crippen molar-refractivity contribution in [2.75, 3.05) is 0 Å². The molecule has 1 aromatic rings. The Morgan fingerprint density at radius 3 is 0.723 bits per heavy atom. The second-order valence-electron chi connectivity index (χ2n) is 8.29. The lowest BCUT2D eigenvalue weighted by molar-refractivity contribution is -0.480. The highest BCUT2D eigenvalue weighted by atomic mass is 32.2. The van der Waals surface area contributed by atoms with Gasteiger partial charge in [-0.1, -0.05) is 6.07 Å². The lowest BCUT2D eigenvalue weighted by atomic mass is 9.85. The van der Waals surface area contributed by atoms with Crippen LogP contribution >= 0.6 is 0 Å². The molecule has 0 amide bonds. The van der Waals surface area contributed by atoms with Crippen LogP contribution in [0.15, 0.2) is 30.6 Å². The molecule has 278 valence electrons. The summed E-state index contributed by atoms with van der Waals surface area (Å²) in [6, 6.07) is 5.86. The average Bonchev–Trinajstić information content (AvgIpc) is 2.87. The zero-order valence-corrected chi connectivity index (χ0v) is 21.3. The zero-order chi connectivity index (χ0) is 38.7. The van der Waals surface area contributed by atoms with Gasteiger partial charge in [-0.25, -0.2) is 13.4 Å². The fourth-order valence-corrected chi connectivity index (χ4v) is 2.88. The van der Waals surface area contributed by atoms with Crippen LogP contribution in [-0.4, -0.2) is 83.6 Å². The Balaban J connectivity index is 0.00000313. The van der Waals surface area contributed by atoms with E-state index in [4.69, 9.17) is 0 Å². The maximum atomic E-state index is 13.5. The molecule has 30 heteroatoms. The molecule has 0 spiro atoms. The summed E-state index contributed by atoms with van der Waals surface area (Å²) in [6.07, 6.45) is -4.48. The third-order valence-corrected chi connectivity index (χ3v) is 6.08. The summed E-state index contributed by atoms with van der Waals surface area (Å²) in [4.78, 5) is 2.89. The Kier molecular flexibility index (Phi) is 11.1. The molecule has 0 bridgehead atoms. The van der Waals surface area contributed by atoms with E-state index in [-0.39, 0.29) is 0 Å². The summed E-state index contributed by atoms with van der Waals surface area (Å²) >= 11 is 0. The average molecular weight is 779 g/mol. The van der Waals surface area contributed by atoms with Gasteiger partial charge in [0.2, 0.25) is 0 Å². The summed E-state index contributed by atoms with van der Waals surface area (Å²) in [5, 5.41) is -8.33. The van der Waals surface area contributed by atoms with Crippen molar-refractivity contribution < 1.29 is 128 Å². The summed E-state index contributed by atoms with van der Waals surface area (Å²) in [7, 11) is -8.49. The van der Waals surface area contributed by atoms with Gasteiger partial charge in [0.15, 0.2) is 22.5 Å². The van der Waals surface area contributed by atoms with Crippen molar-refractivity contribution in [1.82, 2.24) is 0 Å². The van der Waals surface area contributed by atoms with Crippen LogP contribution in [0.25, 0.3) is 0 Å². The minimum absolute atomic E-state index is 1.88. The van der Waals surface area contributed by atoms with Crippen LogP contribution in [0.1, 0.15) is 0 Å². The maximum absolute atomic E-state index is 13.5. The van der Waals surface area contributed by atoms with Crippen LogP contribution in [-0.2, 0) is 10.1 Å². The van der Waals surface area contributed by atoms with Gasteiger partial charge < -0.3 is 4.55 Å². The first kappa shape index (κ1) is 44.3. The standard InChI is InChI=1S/C12HF25O3S.C5H5N/c13-1(14,3(17,18)5(21,22)7(25,26)9(29,30)11(33,34)35)2(15,16)4(19,20)6(23,24)8(27,28)10(31,32)12(36,37)41(38,39)40;1-2-4-6-5-3-1/h(H,38,39,40);1-5H. The lowest BCUT2D eigenvalue weighted by Crippen LogP contribution is -2.78. The van der Waals surface area contributed by atoms with Crippen molar-refractivity contribution in [1.29, 1.82) is 0 Å². The van der Waals surface area contributed by atoms with Gasteiger partial charge in [0.25, 0.3) is 0 Å². The molecule has 0 aliphatic rings. The molecule has 0 aromatic carbocycles. The molecule has 47 heavy (non-hydrogen) atoms. The van der Waals surface area contributed by atoms with E-state index in [9.17, 15) is 123 Å². The molecule has 0 atom stereocenters. The van der Waals surface area contributed by atoms with E-state index >= 15 is 0 Å². The number of hydrogen-bond acceptors (Lipinski definition) is 3. The SMILES string of the molecule is O=S(=O)([O-])C(F)(F)C(F)(F)C(F)(F)C(F)(F)C(F)(F)C(F)(F)C(F)(F)C(F)(F)C(F)(F)C(F)(F)C(F)(F)C(F)(F)F.c1cc[nH+]cc1. The topological polar surface area (TPSA) is 71.3 Å². The van der Waals surface area contributed by atoms with Crippen LogP contribution in [0.4, 0.5) is 110 Å². The first-order valence-corrected chi connectivity index (χ1v) is 11.5. The third-order valence-electron chi connectivity index (χ3n) is 5.19. The summed E-state index contributed by atoms with van der Waals surface area (Å²) in [5.41, 5.74) is 0. The molecule has 1 heterocycles. The Hall–Kier alpha value is -2.69. The van der Waals surface area contributed by atoms with Crippen LogP contribution in [0, 0.1) is 0 Å². The van der Waals surface area contributed by atoms with Gasteiger partial charge in [-0.05, 0) is 0 Å². The predicted molar refractivity (Wildman–Crippen MR) is 93.2 cm³/mol. The van der Waals surface area contributed by atoms with Crippen molar-refractivity contribution in [3.8, 4) is 0 Å². The second kappa shape index (κ2) is 11.7. The van der Waals surface area contributed by atoms with E-state index in [2.05, 4.69) is 4.98 Å². The van der Waals surface area contributed by atoms with E-state index < -0.39 is 80.8 Å². The molecule has 0 radical (unpaired) electrons. The molecule has 0 saturated carbocycles.